The number of rotatable bonds is 3. The Morgan fingerprint density at radius 1 is 0.731 bits per heavy atom. The molecule has 138 valence electrons. The molecule has 0 unspecified atom stereocenters. The molecule has 4 heterocycles. The topological polar surface area (TPSA) is 51.6 Å². The zero-order valence-electron chi connectivity index (χ0n) is 15.1. The Kier molecular flexibility index (Phi) is 5.08. The molecule has 0 radical (unpaired) electrons. The Morgan fingerprint density at radius 2 is 1.27 bits per heavy atom. The van der Waals surface area contributed by atoms with Gasteiger partial charge in [0, 0.05) is 64.6 Å². The highest BCUT2D eigenvalue weighted by Gasteiger charge is 2.21. The van der Waals surface area contributed by atoms with E-state index in [1.54, 1.807) is 12.5 Å². The van der Waals surface area contributed by atoms with Crippen LogP contribution in [-0.4, -0.2) is 79.3 Å². The van der Waals surface area contributed by atoms with Crippen LogP contribution in [0.5, 0.6) is 0 Å². The number of hydrogen-bond acceptors (Lipinski definition) is 7. The molecular weight excluding hydrogens is 350 g/mol. The molecule has 2 aliphatic rings. The SMILES string of the molecule is CN1CCN(c2cc(N3CCN(c4ccc(Cl)cn4)CC3)ncn2)CC1. The molecule has 2 aromatic rings. The quantitative estimate of drug-likeness (QED) is 0.810. The fourth-order valence-corrected chi connectivity index (χ4v) is 3.55. The van der Waals surface area contributed by atoms with Gasteiger partial charge in [-0.15, -0.1) is 0 Å². The van der Waals surface area contributed by atoms with Gasteiger partial charge in [-0.2, -0.15) is 0 Å². The van der Waals surface area contributed by atoms with Gasteiger partial charge in [-0.3, -0.25) is 0 Å². The van der Waals surface area contributed by atoms with Crippen LogP contribution in [-0.2, 0) is 0 Å². The third-order valence-electron chi connectivity index (χ3n) is 5.10. The lowest BCUT2D eigenvalue weighted by Gasteiger charge is -2.37. The third kappa shape index (κ3) is 3.83. The number of pyridine rings is 1. The summed E-state index contributed by atoms with van der Waals surface area (Å²) in [5, 5.41) is 0.671. The van der Waals surface area contributed by atoms with Crippen LogP contribution in [0.3, 0.4) is 0 Å². The second-order valence-electron chi connectivity index (χ2n) is 6.83. The highest BCUT2D eigenvalue weighted by atomic mass is 35.5. The van der Waals surface area contributed by atoms with E-state index in [4.69, 9.17) is 11.6 Å². The monoisotopic (exact) mass is 373 g/mol. The van der Waals surface area contributed by atoms with Crippen molar-refractivity contribution in [1.82, 2.24) is 19.9 Å². The van der Waals surface area contributed by atoms with Crippen molar-refractivity contribution < 1.29 is 0 Å². The van der Waals surface area contributed by atoms with Crippen molar-refractivity contribution in [3.05, 3.63) is 35.7 Å². The number of halogens is 1. The summed E-state index contributed by atoms with van der Waals surface area (Å²) in [4.78, 5) is 22.7. The van der Waals surface area contributed by atoms with E-state index < -0.39 is 0 Å². The van der Waals surface area contributed by atoms with Crippen LogP contribution in [0.1, 0.15) is 0 Å². The standard InChI is InChI=1S/C18H24ClN7/c1-23-4-6-25(7-5-23)17-12-18(22-14-21-17)26-10-8-24(9-11-26)16-3-2-15(19)13-20-16/h2-3,12-14H,4-11H2,1H3. The minimum atomic E-state index is 0.671. The summed E-state index contributed by atoms with van der Waals surface area (Å²) in [6, 6.07) is 6.00. The van der Waals surface area contributed by atoms with Gasteiger partial charge in [-0.25, -0.2) is 15.0 Å². The molecule has 8 heteroatoms. The molecular formula is C18H24ClN7. The molecule has 0 bridgehead atoms. The second kappa shape index (κ2) is 7.63. The highest BCUT2D eigenvalue weighted by Crippen LogP contribution is 2.22. The van der Waals surface area contributed by atoms with Gasteiger partial charge in [0.15, 0.2) is 0 Å². The van der Waals surface area contributed by atoms with Gasteiger partial charge in [0.1, 0.15) is 23.8 Å². The highest BCUT2D eigenvalue weighted by molar-refractivity contribution is 6.30. The van der Waals surface area contributed by atoms with E-state index in [9.17, 15) is 0 Å². The van der Waals surface area contributed by atoms with Crippen LogP contribution in [0.25, 0.3) is 0 Å². The first-order valence-electron chi connectivity index (χ1n) is 9.06. The van der Waals surface area contributed by atoms with E-state index in [-0.39, 0.29) is 0 Å². The minimum Gasteiger partial charge on any atom is -0.354 e. The van der Waals surface area contributed by atoms with Gasteiger partial charge in [0.05, 0.1) is 5.02 Å². The molecule has 7 nitrogen and oxygen atoms in total. The number of nitrogens with zero attached hydrogens (tertiary/aromatic N) is 7. The Balaban J connectivity index is 1.40. The van der Waals surface area contributed by atoms with Gasteiger partial charge in [-0.05, 0) is 19.2 Å². The molecule has 0 aromatic carbocycles. The summed E-state index contributed by atoms with van der Waals surface area (Å²) < 4.78 is 0. The fourth-order valence-electron chi connectivity index (χ4n) is 3.44. The molecule has 0 amide bonds. The maximum absolute atomic E-state index is 5.93. The molecule has 0 atom stereocenters. The van der Waals surface area contributed by atoms with E-state index >= 15 is 0 Å². The summed E-state index contributed by atoms with van der Waals surface area (Å²) in [6.45, 7) is 7.86. The largest absolute Gasteiger partial charge is 0.354 e. The number of anilines is 3. The van der Waals surface area contributed by atoms with Gasteiger partial charge >= 0.3 is 0 Å². The zero-order valence-corrected chi connectivity index (χ0v) is 15.8. The number of piperazine rings is 2. The predicted molar refractivity (Wildman–Crippen MR) is 105 cm³/mol. The fraction of sp³-hybridized carbons (Fsp3) is 0.500. The third-order valence-corrected chi connectivity index (χ3v) is 5.33. The zero-order chi connectivity index (χ0) is 17.9. The van der Waals surface area contributed by atoms with Gasteiger partial charge < -0.3 is 19.6 Å². The number of likely N-dealkylation sites (N-methyl/N-ethyl adjacent to an activating group) is 1. The van der Waals surface area contributed by atoms with Crippen molar-refractivity contribution in [3.63, 3.8) is 0 Å². The van der Waals surface area contributed by atoms with Crippen molar-refractivity contribution in [2.45, 2.75) is 0 Å². The van der Waals surface area contributed by atoms with E-state index in [0.717, 1.165) is 69.8 Å². The lowest BCUT2D eigenvalue weighted by atomic mass is 10.3. The first-order valence-corrected chi connectivity index (χ1v) is 9.44. The van der Waals surface area contributed by atoms with Crippen LogP contribution in [0.15, 0.2) is 30.7 Å². The van der Waals surface area contributed by atoms with Crippen LogP contribution in [0.4, 0.5) is 17.5 Å². The summed E-state index contributed by atoms with van der Waals surface area (Å²) in [5.41, 5.74) is 0. The van der Waals surface area contributed by atoms with Crippen molar-refractivity contribution in [1.29, 1.82) is 0 Å². The van der Waals surface area contributed by atoms with Gasteiger partial charge in [-0.1, -0.05) is 11.6 Å². The molecule has 2 saturated heterocycles. The summed E-state index contributed by atoms with van der Waals surface area (Å²) in [6.07, 6.45) is 3.39. The average Bonchev–Trinajstić information content (AvgIpc) is 2.69. The molecule has 2 aliphatic heterocycles. The van der Waals surface area contributed by atoms with Crippen LogP contribution >= 0.6 is 11.6 Å². The van der Waals surface area contributed by atoms with E-state index in [1.165, 1.54) is 0 Å². The maximum atomic E-state index is 5.93. The smallest absolute Gasteiger partial charge is 0.134 e. The van der Waals surface area contributed by atoms with Crippen molar-refractivity contribution in [2.24, 2.45) is 0 Å². The van der Waals surface area contributed by atoms with E-state index in [1.807, 2.05) is 12.1 Å². The van der Waals surface area contributed by atoms with Gasteiger partial charge in [0.25, 0.3) is 0 Å². The van der Waals surface area contributed by atoms with Crippen molar-refractivity contribution >= 4 is 29.1 Å². The van der Waals surface area contributed by atoms with Crippen LogP contribution < -0.4 is 14.7 Å². The molecule has 0 aliphatic carbocycles. The van der Waals surface area contributed by atoms with E-state index in [2.05, 4.69) is 47.7 Å². The Labute approximate surface area is 159 Å². The molecule has 2 fully saturated rings. The lowest BCUT2D eigenvalue weighted by molar-refractivity contribution is 0.312. The minimum absolute atomic E-state index is 0.671. The Hall–Kier alpha value is -2.12. The lowest BCUT2D eigenvalue weighted by Crippen LogP contribution is -2.47. The Bertz CT molecular complexity index is 723. The van der Waals surface area contributed by atoms with Crippen molar-refractivity contribution in [3.8, 4) is 0 Å². The molecule has 2 aromatic heterocycles. The maximum Gasteiger partial charge on any atom is 0.134 e. The van der Waals surface area contributed by atoms with Crippen LogP contribution in [0, 0.1) is 0 Å². The summed E-state index contributed by atoms with van der Waals surface area (Å²) in [7, 11) is 2.16. The molecule has 0 N–H and O–H groups in total. The van der Waals surface area contributed by atoms with Gasteiger partial charge in [0.2, 0.25) is 0 Å². The van der Waals surface area contributed by atoms with Crippen LogP contribution in [0.2, 0.25) is 5.02 Å². The predicted octanol–water partition coefficient (Wildman–Crippen LogP) is 1.60. The molecule has 0 saturated carbocycles. The Morgan fingerprint density at radius 3 is 1.81 bits per heavy atom. The molecule has 4 rings (SSSR count). The first kappa shape index (κ1) is 17.3. The first-order chi connectivity index (χ1) is 12.7. The van der Waals surface area contributed by atoms with Crippen molar-refractivity contribution in [2.75, 3.05) is 74.1 Å². The normalized spacial score (nSPS) is 19.1. The average molecular weight is 374 g/mol. The number of hydrogen-bond donors (Lipinski definition) is 0. The molecule has 26 heavy (non-hydrogen) atoms. The van der Waals surface area contributed by atoms with E-state index in [0.29, 0.717) is 5.02 Å². The summed E-state index contributed by atoms with van der Waals surface area (Å²) >= 11 is 5.93. The molecule has 0 spiro atoms. The summed E-state index contributed by atoms with van der Waals surface area (Å²) in [5.74, 6) is 3.03. The number of aromatic nitrogens is 3. The second-order valence-corrected chi connectivity index (χ2v) is 7.27.